The van der Waals surface area contributed by atoms with E-state index in [9.17, 15) is 4.79 Å². The fourth-order valence-electron chi connectivity index (χ4n) is 1.94. The molecule has 2 aromatic rings. The number of methoxy groups -OCH3 is 1. The number of esters is 1. The van der Waals surface area contributed by atoms with Gasteiger partial charge < -0.3 is 10.5 Å². The summed E-state index contributed by atoms with van der Waals surface area (Å²) >= 11 is 9.70. The van der Waals surface area contributed by atoms with Crippen LogP contribution in [0.2, 0.25) is 5.02 Å². The second-order valence-electron chi connectivity index (χ2n) is 4.13. The van der Waals surface area contributed by atoms with Crippen LogP contribution in [-0.4, -0.2) is 13.1 Å². The third kappa shape index (κ3) is 2.80. The topological polar surface area (TPSA) is 52.3 Å². The summed E-state index contributed by atoms with van der Waals surface area (Å²) in [6.07, 6.45) is 0.748. The lowest BCUT2D eigenvalue weighted by molar-refractivity contribution is 0.0607. The Kier molecular flexibility index (Phi) is 4.93. The van der Waals surface area contributed by atoms with Crippen molar-refractivity contribution in [2.24, 2.45) is 0 Å². The molecule has 0 radical (unpaired) electrons. The number of carbonyl (C=O) groups excluding carboxylic acids is 1. The van der Waals surface area contributed by atoms with Crippen molar-refractivity contribution in [3.05, 3.63) is 37.2 Å². The molecule has 1 aromatic heterocycles. The van der Waals surface area contributed by atoms with E-state index in [0.717, 1.165) is 26.0 Å². The molecule has 20 heavy (non-hydrogen) atoms. The summed E-state index contributed by atoms with van der Waals surface area (Å²) in [6.45, 7) is 2.01. The van der Waals surface area contributed by atoms with Crippen LogP contribution >= 0.6 is 45.5 Å². The fourth-order valence-corrected chi connectivity index (χ4v) is 3.69. The van der Waals surface area contributed by atoms with E-state index in [2.05, 4.69) is 22.6 Å². The molecular weight excluding hydrogens is 409 g/mol. The molecule has 0 amide bonds. The summed E-state index contributed by atoms with van der Waals surface area (Å²) in [5.74, 6) is -0.398. The molecule has 6 heteroatoms. The number of carbonyl (C=O) groups is 1. The molecule has 0 aliphatic rings. The number of thiophene rings is 1. The van der Waals surface area contributed by atoms with Crippen molar-refractivity contribution in [3.8, 4) is 10.4 Å². The lowest BCUT2D eigenvalue weighted by Gasteiger charge is -2.04. The van der Waals surface area contributed by atoms with E-state index in [0.29, 0.717) is 15.6 Å². The molecule has 3 nitrogen and oxygen atoms in total. The number of ether oxygens (including phenoxy) is 1. The third-order valence-electron chi connectivity index (χ3n) is 2.95. The molecule has 0 atom stereocenters. The molecule has 0 saturated heterocycles. The Bertz CT molecular complexity index is 669. The van der Waals surface area contributed by atoms with Crippen LogP contribution in [0.25, 0.3) is 10.4 Å². The first-order chi connectivity index (χ1) is 9.49. The molecule has 0 aliphatic heterocycles. The van der Waals surface area contributed by atoms with Gasteiger partial charge in [-0.3, -0.25) is 0 Å². The van der Waals surface area contributed by atoms with Crippen molar-refractivity contribution >= 4 is 57.2 Å². The lowest BCUT2D eigenvalue weighted by atomic mass is 10.1. The number of hydrogen-bond acceptors (Lipinski definition) is 4. The number of nitrogen functional groups attached to an aromatic ring is 1. The van der Waals surface area contributed by atoms with Crippen LogP contribution in [0.15, 0.2) is 18.2 Å². The Labute approximate surface area is 140 Å². The number of nitrogens with two attached hydrogens (primary N) is 1. The molecule has 0 spiro atoms. The van der Waals surface area contributed by atoms with Gasteiger partial charge in [0.05, 0.1) is 17.8 Å². The molecule has 2 N–H and O–H groups in total. The highest BCUT2D eigenvalue weighted by atomic mass is 127. The Morgan fingerprint density at radius 3 is 2.75 bits per heavy atom. The predicted molar refractivity (Wildman–Crippen MR) is 92.6 cm³/mol. The maximum atomic E-state index is 11.7. The molecule has 1 aromatic carbocycles. The molecular formula is C14H13ClINO2S. The van der Waals surface area contributed by atoms with E-state index in [1.807, 2.05) is 25.1 Å². The highest BCUT2D eigenvalue weighted by molar-refractivity contribution is 14.1. The summed E-state index contributed by atoms with van der Waals surface area (Å²) in [4.78, 5) is 13.2. The quantitative estimate of drug-likeness (QED) is 0.582. The Morgan fingerprint density at radius 2 is 2.20 bits per heavy atom. The Balaban J connectivity index is 2.61. The fraction of sp³-hybridized carbons (Fsp3) is 0.214. The molecule has 0 aliphatic carbocycles. The summed E-state index contributed by atoms with van der Waals surface area (Å²) in [6, 6.07) is 5.83. The summed E-state index contributed by atoms with van der Waals surface area (Å²) in [5, 5.41) is 0.691. The highest BCUT2D eigenvalue weighted by Gasteiger charge is 2.21. The van der Waals surface area contributed by atoms with Crippen molar-refractivity contribution in [1.29, 1.82) is 0 Å². The Morgan fingerprint density at radius 1 is 1.50 bits per heavy atom. The van der Waals surface area contributed by atoms with Gasteiger partial charge >= 0.3 is 5.97 Å². The van der Waals surface area contributed by atoms with Gasteiger partial charge in [0, 0.05) is 8.45 Å². The SMILES string of the molecule is CCc1c(-c2ccc(I)c(Cl)c2)sc(C(=O)OC)c1N. The predicted octanol–water partition coefficient (Wildman–Crippen LogP) is 4.60. The van der Waals surface area contributed by atoms with Crippen LogP contribution in [0, 0.1) is 3.57 Å². The first-order valence-corrected chi connectivity index (χ1v) is 8.21. The van der Waals surface area contributed by atoms with Crippen LogP contribution < -0.4 is 5.73 Å². The number of halogens is 2. The zero-order chi connectivity index (χ0) is 14.9. The van der Waals surface area contributed by atoms with Crippen molar-refractivity contribution in [2.45, 2.75) is 13.3 Å². The van der Waals surface area contributed by atoms with E-state index >= 15 is 0 Å². The number of anilines is 1. The molecule has 0 fully saturated rings. The van der Waals surface area contributed by atoms with Gasteiger partial charge in [0.2, 0.25) is 0 Å². The number of rotatable bonds is 3. The largest absolute Gasteiger partial charge is 0.465 e. The molecule has 0 saturated carbocycles. The minimum absolute atomic E-state index is 0.398. The number of benzene rings is 1. The summed E-state index contributed by atoms with van der Waals surface area (Å²) in [7, 11) is 1.36. The first-order valence-electron chi connectivity index (χ1n) is 5.94. The van der Waals surface area contributed by atoms with Crippen LogP contribution in [0.3, 0.4) is 0 Å². The van der Waals surface area contributed by atoms with Gasteiger partial charge in [0.1, 0.15) is 4.88 Å². The average Bonchev–Trinajstić information content (AvgIpc) is 2.78. The third-order valence-corrected chi connectivity index (χ3v) is 5.80. The second kappa shape index (κ2) is 6.32. The monoisotopic (exact) mass is 421 g/mol. The maximum absolute atomic E-state index is 11.7. The standard InChI is InChI=1S/C14H13ClINO2S/c1-3-8-11(17)13(14(18)19-2)20-12(8)7-4-5-10(16)9(15)6-7/h4-6H,3,17H2,1-2H3. The van der Waals surface area contributed by atoms with Crippen LogP contribution in [0.1, 0.15) is 22.2 Å². The first kappa shape index (κ1) is 15.6. The maximum Gasteiger partial charge on any atom is 0.350 e. The van der Waals surface area contributed by atoms with Crippen LogP contribution in [-0.2, 0) is 11.2 Å². The zero-order valence-corrected chi connectivity index (χ0v) is 14.7. The van der Waals surface area contributed by atoms with Gasteiger partial charge in [-0.05, 0) is 52.3 Å². The van der Waals surface area contributed by atoms with E-state index < -0.39 is 5.97 Å². The summed E-state index contributed by atoms with van der Waals surface area (Å²) in [5.41, 5.74) is 8.52. The highest BCUT2D eigenvalue weighted by Crippen LogP contribution is 2.40. The van der Waals surface area contributed by atoms with Crippen molar-refractivity contribution in [1.82, 2.24) is 0 Å². The minimum Gasteiger partial charge on any atom is -0.465 e. The lowest BCUT2D eigenvalue weighted by Crippen LogP contribution is -2.02. The molecule has 0 bridgehead atoms. The van der Waals surface area contributed by atoms with Crippen molar-refractivity contribution in [3.63, 3.8) is 0 Å². The van der Waals surface area contributed by atoms with E-state index in [-0.39, 0.29) is 0 Å². The van der Waals surface area contributed by atoms with Crippen molar-refractivity contribution < 1.29 is 9.53 Å². The smallest absolute Gasteiger partial charge is 0.350 e. The average molecular weight is 422 g/mol. The Hall–Kier alpha value is -0.790. The molecule has 1 heterocycles. The van der Waals surface area contributed by atoms with Gasteiger partial charge in [-0.15, -0.1) is 11.3 Å². The van der Waals surface area contributed by atoms with E-state index in [4.69, 9.17) is 22.1 Å². The second-order valence-corrected chi connectivity index (χ2v) is 6.72. The minimum atomic E-state index is -0.398. The van der Waals surface area contributed by atoms with Crippen molar-refractivity contribution in [2.75, 3.05) is 12.8 Å². The zero-order valence-electron chi connectivity index (χ0n) is 11.0. The normalized spacial score (nSPS) is 10.6. The summed E-state index contributed by atoms with van der Waals surface area (Å²) < 4.78 is 5.76. The number of hydrogen-bond donors (Lipinski definition) is 1. The molecule has 2 rings (SSSR count). The van der Waals surface area contributed by atoms with Gasteiger partial charge in [0.15, 0.2) is 0 Å². The van der Waals surface area contributed by atoms with Gasteiger partial charge in [-0.2, -0.15) is 0 Å². The van der Waals surface area contributed by atoms with Gasteiger partial charge in [0.25, 0.3) is 0 Å². The molecule has 106 valence electrons. The van der Waals surface area contributed by atoms with Crippen LogP contribution in [0.5, 0.6) is 0 Å². The van der Waals surface area contributed by atoms with Gasteiger partial charge in [-0.25, -0.2) is 4.79 Å². The van der Waals surface area contributed by atoms with E-state index in [1.165, 1.54) is 18.4 Å². The van der Waals surface area contributed by atoms with Crippen LogP contribution in [0.4, 0.5) is 5.69 Å². The molecule has 0 unspecified atom stereocenters. The van der Waals surface area contributed by atoms with E-state index in [1.54, 1.807) is 0 Å². The van der Waals surface area contributed by atoms with Gasteiger partial charge in [-0.1, -0.05) is 24.6 Å².